The summed E-state index contributed by atoms with van der Waals surface area (Å²) in [6, 6.07) is 0. The first-order valence-corrected chi connectivity index (χ1v) is 9.03. The van der Waals surface area contributed by atoms with Gasteiger partial charge in [0.25, 0.3) is 0 Å². The van der Waals surface area contributed by atoms with E-state index < -0.39 is 0 Å². The number of unbranched alkanes of at least 4 members (excludes halogenated alkanes) is 1. The summed E-state index contributed by atoms with van der Waals surface area (Å²) >= 11 is 0. The highest BCUT2D eigenvalue weighted by Gasteiger charge is 2.17. The van der Waals surface area contributed by atoms with Crippen LogP contribution in [0.25, 0.3) is 0 Å². The van der Waals surface area contributed by atoms with Crippen LogP contribution in [0.5, 0.6) is 0 Å². The first-order chi connectivity index (χ1) is 6.79. The fourth-order valence-corrected chi connectivity index (χ4v) is 4.55. The van der Waals surface area contributed by atoms with Crippen LogP contribution in [0, 0.1) is 5.92 Å². The highest BCUT2D eigenvalue weighted by molar-refractivity contribution is 6.35. The van der Waals surface area contributed by atoms with Crippen LogP contribution in [0.15, 0.2) is 0 Å². The Morgan fingerprint density at radius 2 is 1.50 bits per heavy atom. The fraction of sp³-hybridized carbons (Fsp3) is 1.00. The molecule has 0 aliphatic carbocycles. The van der Waals surface area contributed by atoms with Crippen molar-refractivity contribution in [1.82, 2.24) is 0 Å². The van der Waals surface area contributed by atoms with Crippen LogP contribution in [0.2, 0.25) is 12.1 Å². The van der Waals surface area contributed by atoms with Gasteiger partial charge in [0.15, 0.2) is 0 Å². The molecule has 0 bridgehead atoms. The van der Waals surface area contributed by atoms with Gasteiger partial charge in [-0.2, -0.15) is 0 Å². The molecule has 0 N–H and O–H groups in total. The Kier molecular flexibility index (Phi) is 9.91. The van der Waals surface area contributed by atoms with Crippen LogP contribution in [0.4, 0.5) is 0 Å². The first kappa shape index (κ1) is 14.2. The zero-order valence-corrected chi connectivity index (χ0v) is 12.2. The molecule has 0 amide bonds. The summed E-state index contributed by atoms with van der Waals surface area (Å²) in [6.45, 7) is 9.52. The molecule has 0 fully saturated rings. The Hall–Kier alpha value is 0.217. The maximum Gasteiger partial charge on any atom is 0.0204 e. The SMILES string of the molecule is CCCCC(CCC)C(CCC)[SiH2]C. The summed E-state index contributed by atoms with van der Waals surface area (Å²) in [5, 5.41) is 0. The van der Waals surface area contributed by atoms with Crippen LogP contribution in [0.3, 0.4) is 0 Å². The molecule has 0 saturated carbocycles. The minimum Gasteiger partial charge on any atom is -0.0746 e. The van der Waals surface area contributed by atoms with Crippen molar-refractivity contribution in [3.8, 4) is 0 Å². The maximum atomic E-state index is 2.51. The molecule has 0 radical (unpaired) electrons. The molecule has 0 rings (SSSR count). The van der Waals surface area contributed by atoms with E-state index in [1.54, 1.807) is 0 Å². The predicted molar refractivity (Wildman–Crippen MR) is 71.0 cm³/mol. The Morgan fingerprint density at radius 1 is 0.857 bits per heavy atom. The number of hydrogen-bond donors (Lipinski definition) is 0. The summed E-state index contributed by atoms with van der Waals surface area (Å²) in [4.78, 5) is 0. The quantitative estimate of drug-likeness (QED) is 0.499. The summed E-state index contributed by atoms with van der Waals surface area (Å²) in [5.74, 6) is 1.08. The third kappa shape index (κ3) is 5.84. The van der Waals surface area contributed by atoms with Crippen molar-refractivity contribution in [2.45, 2.75) is 77.8 Å². The van der Waals surface area contributed by atoms with Crippen LogP contribution in [-0.4, -0.2) is 9.52 Å². The Labute approximate surface area is 93.7 Å². The van der Waals surface area contributed by atoms with E-state index >= 15 is 0 Å². The van der Waals surface area contributed by atoms with Gasteiger partial charge in [-0.25, -0.2) is 0 Å². The molecule has 0 aromatic carbocycles. The standard InChI is InChI=1S/C13H30Si/c1-5-8-11-12(9-6-2)13(14-4)10-7-3/h12-13H,5-11,14H2,1-4H3. The van der Waals surface area contributed by atoms with E-state index in [0.717, 1.165) is 11.5 Å². The summed E-state index contributed by atoms with van der Waals surface area (Å²) in [7, 11) is 0.221. The van der Waals surface area contributed by atoms with Crippen molar-refractivity contribution < 1.29 is 0 Å². The van der Waals surface area contributed by atoms with E-state index in [9.17, 15) is 0 Å². The number of hydrogen-bond acceptors (Lipinski definition) is 0. The monoisotopic (exact) mass is 214 g/mol. The van der Waals surface area contributed by atoms with E-state index in [-0.39, 0.29) is 9.52 Å². The van der Waals surface area contributed by atoms with E-state index in [2.05, 4.69) is 27.3 Å². The molecule has 2 unspecified atom stereocenters. The topological polar surface area (TPSA) is 0 Å². The highest BCUT2D eigenvalue weighted by atomic mass is 28.2. The van der Waals surface area contributed by atoms with Crippen LogP contribution < -0.4 is 0 Å². The number of rotatable bonds is 9. The molecule has 1 heteroatoms. The third-order valence-corrected chi connectivity index (χ3v) is 5.56. The molecule has 0 nitrogen and oxygen atoms in total. The molecule has 0 aliphatic heterocycles. The lowest BCUT2D eigenvalue weighted by Crippen LogP contribution is -2.14. The van der Waals surface area contributed by atoms with Crippen LogP contribution in [0.1, 0.15) is 65.7 Å². The van der Waals surface area contributed by atoms with Crippen molar-refractivity contribution in [3.63, 3.8) is 0 Å². The summed E-state index contributed by atoms with van der Waals surface area (Å²) in [6.07, 6.45) is 10.1. The molecule has 0 aromatic heterocycles. The first-order valence-electron chi connectivity index (χ1n) is 6.79. The Balaban J connectivity index is 3.97. The van der Waals surface area contributed by atoms with Gasteiger partial charge in [-0.3, -0.25) is 0 Å². The molecular formula is C13H30Si. The zero-order chi connectivity index (χ0) is 10.8. The molecule has 14 heavy (non-hydrogen) atoms. The van der Waals surface area contributed by atoms with Gasteiger partial charge >= 0.3 is 0 Å². The van der Waals surface area contributed by atoms with Gasteiger partial charge < -0.3 is 0 Å². The highest BCUT2D eigenvalue weighted by Crippen LogP contribution is 2.31. The minimum absolute atomic E-state index is 0.221. The molecule has 2 atom stereocenters. The van der Waals surface area contributed by atoms with Crippen LogP contribution in [-0.2, 0) is 0 Å². The Morgan fingerprint density at radius 3 is 1.93 bits per heavy atom. The lowest BCUT2D eigenvalue weighted by atomic mass is 9.91. The molecular weight excluding hydrogens is 184 g/mol. The van der Waals surface area contributed by atoms with Crippen molar-refractivity contribution >= 4 is 9.52 Å². The van der Waals surface area contributed by atoms with E-state index in [1.165, 1.54) is 44.9 Å². The second-order valence-corrected chi connectivity index (χ2v) is 6.51. The van der Waals surface area contributed by atoms with Gasteiger partial charge in [0.2, 0.25) is 0 Å². The largest absolute Gasteiger partial charge is 0.0746 e. The molecule has 0 saturated heterocycles. The van der Waals surface area contributed by atoms with Gasteiger partial charge in [0.1, 0.15) is 0 Å². The third-order valence-electron chi connectivity index (χ3n) is 3.44. The molecule has 86 valence electrons. The average molecular weight is 214 g/mol. The van der Waals surface area contributed by atoms with Gasteiger partial charge in [-0.05, 0) is 11.5 Å². The predicted octanol–water partition coefficient (Wildman–Crippen LogP) is 4.40. The second kappa shape index (κ2) is 9.76. The lowest BCUT2D eigenvalue weighted by Gasteiger charge is -2.25. The fourth-order valence-electron chi connectivity index (χ4n) is 2.60. The molecule has 0 aliphatic rings. The zero-order valence-electron chi connectivity index (χ0n) is 10.8. The van der Waals surface area contributed by atoms with Crippen LogP contribution >= 0.6 is 0 Å². The lowest BCUT2D eigenvalue weighted by molar-refractivity contribution is 0.388. The smallest absolute Gasteiger partial charge is 0.0204 e. The van der Waals surface area contributed by atoms with Crippen molar-refractivity contribution in [2.24, 2.45) is 5.92 Å². The van der Waals surface area contributed by atoms with Gasteiger partial charge in [-0.15, -0.1) is 0 Å². The summed E-state index contributed by atoms with van der Waals surface area (Å²) in [5.41, 5.74) is 1.14. The Bertz CT molecular complexity index is 112. The minimum atomic E-state index is 0.221. The van der Waals surface area contributed by atoms with E-state index in [4.69, 9.17) is 0 Å². The molecule has 0 aromatic rings. The van der Waals surface area contributed by atoms with E-state index in [1.807, 2.05) is 0 Å². The molecule has 0 spiro atoms. The van der Waals surface area contributed by atoms with Gasteiger partial charge in [0.05, 0.1) is 0 Å². The summed E-state index contributed by atoms with van der Waals surface area (Å²) < 4.78 is 0. The van der Waals surface area contributed by atoms with Gasteiger partial charge in [-0.1, -0.05) is 72.3 Å². The second-order valence-electron chi connectivity index (χ2n) is 4.65. The van der Waals surface area contributed by atoms with Crippen molar-refractivity contribution in [2.75, 3.05) is 0 Å². The average Bonchev–Trinajstić information content (AvgIpc) is 2.21. The van der Waals surface area contributed by atoms with E-state index in [0.29, 0.717) is 0 Å². The van der Waals surface area contributed by atoms with Crippen molar-refractivity contribution in [1.29, 1.82) is 0 Å². The molecule has 0 heterocycles. The normalized spacial score (nSPS) is 16.3. The van der Waals surface area contributed by atoms with Gasteiger partial charge in [0, 0.05) is 9.52 Å². The van der Waals surface area contributed by atoms with Crippen molar-refractivity contribution in [3.05, 3.63) is 0 Å². The maximum absolute atomic E-state index is 2.51.